The monoisotopic (exact) mass is 263 g/mol. The van der Waals surface area contributed by atoms with E-state index in [-0.39, 0.29) is 17.3 Å². The summed E-state index contributed by atoms with van der Waals surface area (Å²) in [4.78, 5) is 8.16. The Morgan fingerprint density at radius 1 is 1.16 bits per heavy atom. The van der Waals surface area contributed by atoms with E-state index in [0.717, 1.165) is 0 Å². The van der Waals surface area contributed by atoms with Gasteiger partial charge in [0.2, 0.25) is 0 Å². The summed E-state index contributed by atoms with van der Waals surface area (Å²) in [6, 6.07) is 4.73. The van der Waals surface area contributed by atoms with Crippen molar-refractivity contribution in [2.24, 2.45) is 0 Å². The van der Waals surface area contributed by atoms with Crippen LogP contribution in [-0.4, -0.2) is 16.5 Å². The SMILES string of the molecule is CCNc1nc(-c2ccc(C)c(F)c2)nc(C)c1F. The average Bonchev–Trinajstić information content (AvgIpc) is 2.38. The molecule has 3 nitrogen and oxygen atoms in total. The second kappa shape index (κ2) is 5.30. The van der Waals surface area contributed by atoms with Gasteiger partial charge in [-0.25, -0.2) is 18.7 Å². The number of aromatic nitrogens is 2. The van der Waals surface area contributed by atoms with Crippen LogP contribution < -0.4 is 5.32 Å². The fourth-order valence-corrected chi connectivity index (χ4v) is 1.70. The van der Waals surface area contributed by atoms with Crippen molar-refractivity contribution < 1.29 is 8.78 Å². The Labute approximate surface area is 110 Å². The van der Waals surface area contributed by atoms with Gasteiger partial charge in [0.25, 0.3) is 0 Å². The molecular formula is C14H15F2N3. The van der Waals surface area contributed by atoms with E-state index in [1.165, 1.54) is 6.07 Å². The molecule has 1 aromatic carbocycles. The molecule has 0 atom stereocenters. The first-order chi connectivity index (χ1) is 9.02. The topological polar surface area (TPSA) is 37.8 Å². The molecule has 0 aliphatic carbocycles. The normalized spacial score (nSPS) is 10.6. The van der Waals surface area contributed by atoms with Crippen molar-refractivity contribution in [2.75, 3.05) is 11.9 Å². The molecule has 0 aliphatic heterocycles. The first-order valence-electron chi connectivity index (χ1n) is 6.07. The summed E-state index contributed by atoms with van der Waals surface area (Å²) in [6.45, 7) is 5.64. The van der Waals surface area contributed by atoms with Gasteiger partial charge in [-0.1, -0.05) is 12.1 Å². The third-order valence-corrected chi connectivity index (χ3v) is 2.79. The van der Waals surface area contributed by atoms with Crippen molar-refractivity contribution in [2.45, 2.75) is 20.8 Å². The zero-order chi connectivity index (χ0) is 14.0. The third kappa shape index (κ3) is 2.70. The fraction of sp³-hybridized carbons (Fsp3) is 0.286. The molecule has 0 saturated carbocycles. The number of rotatable bonds is 3. The van der Waals surface area contributed by atoms with Gasteiger partial charge in [0, 0.05) is 12.1 Å². The molecule has 5 heteroatoms. The van der Waals surface area contributed by atoms with Crippen LogP contribution in [0.2, 0.25) is 0 Å². The summed E-state index contributed by atoms with van der Waals surface area (Å²) in [6.07, 6.45) is 0. The van der Waals surface area contributed by atoms with Crippen LogP contribution in [0.25, 0.3) is 11.4 Å². The molecule has 0 saturated heterocycles. The van der Waals surface area contributed by atoms with Gasteiger partial charge in [0.1, 0.15) is 5.82 Å². The van der Waals surface area contributed by atoms with Crippen LogP contribution >= 0.6 is 0 Å². The van der Waals surface area contributed by atoms with E-state index in [1.807, 2.05) is 6.92 Å². The summed E-state index contributed by atoms with van der Waals surface area (Å²) in [5.41, 5.74) is 1.32. The van der Waals surface area contributed by atoms with Gasteiger partial charge >= 0.3 is 0 Å². The maximum atomic E-state index is 13.8. The second-order valence-electron chi connectivity index (χ2n) is 4.29. The summed E-state index contributed by atoms with van der Waals surface area (Å²) >= 11 is 0. The lowest BCUT2D eigenvalue weighted by molar-refractivity contribution is 0.605. The molecule has 0 spiro atoms. The van der Waals surface area contributed by atoms with Gasteiger partial charge < -0.3 is 5.32 Å². The molecule has 1 N–H and O–H groups in total. The number of hydrogen-bond donors (Lipinski definition) is 1. The fourth-order valence-electron chi connectivity index (χ4n) is 1.70. The van der Waals surface area contributed by atoms with Crippen molar-refractivity contribution in [1.29, 1.82) is 0 Å². The van der Waals surface area contributed by atoms with E-state index < -0.39 is 5.82 Å². The number of benzene rings is 1. The van der Waals surface area contributed by atoms with E-state index in [4.69, 9.17) is 0 Å². The molecule has 100 valence electrons. The second-order valence-corrected chi connectivity index (χ2v) is 4.29. The minimum atomic E-state index is -0.474. The van der Waals surface area contributed by atoms with Gasteiger partial charge in [0.05, 0.1) is 5.69 Å². The van der Waals surface area contributed by atoms with Crippen LogP contribution in [0.15, 0.2) is 18.2 Å². The molecule has 0 bridgehead atoms. The molecule has 1 heterocycles. The maximum absolute atomic E-state index is 13.8. The third-order valence-electron chi connectivity index (χ3n) is 2.79. The maximum Gasteiger partial charge on any atom is 0.186 e. The molecule has 2 rings (SSSR count). The molecule has 0 unspecified atom stereocenters. The first-order valence-corrected chi connectivity index (χ1v) is 6.07. The lowest BCUT2D eigenvalue weighted by Crippen LogP contribution is -2.07. The van der Waals surface area contributed by atoms with Crippen LogP contribution in [-0.2, 0) is 0 Å². The Kier molecular flexibility index (Phi) is 3.74. The quantitative estimate of drug-likeness (QED) is 0.921. The zero-order valence-electron chi connectivity index (χ0n) is 11.1. The summed E-state index contributed by atoms with van der Waals surface area (Å²) in [5, 5.41) is 2.83. The number of aryl methyl sites for hydroxylation is 2. The van der Waals surface area contributed by atoms with Gasteiger partial charge in [0.15, 0.2) is 17.5 Å². The van der Waals surface area contributed by atoms with Crippen LogP contribution in [0, 0.1) is 25.5 Å². The molecule has 19 heavy (non-hydrogen) atoms. The van der Waals surface area contributed by atoms with Crippen molar-refractivity contribution in [3.63, 3.8) is 0 Å². The molecule has 2 aromatic rings. The number of anilines is 1. The van der Waals surface area contributed by atoms with Crippen molar-refractivity contribution in [1.82, 2.24) is 9.97 Å². The van der Waals surface area contributed by atoms with Crippen LogP contribution in [0.1, 0.15) is 18.2 Å². The zero-order valence-corrected chi connectivity index (χ0v) is 11.1. The Balaban J connectivity index is 2.52. The van der Waals surface area contributed by atoms with Crippen LogP contribution in [0.5, 0.6) is 0 Å². The van der Waals surface area contributed by atoms with E-state index in [0.29, 0.717) is 23.5 Å². The number of hydrogen-bond acceptors (Lipinski definition) is 3. The smallest absolute Gasteiger partial charge is 0.186 e. The largest absolute Gasteiger partial charge is 0.368 e. The summed E-state index contributed by atoms with van der Waals surface area (Å²) < 4.78 is 27.3. The van der Waals surface area contributed by atoms with Crippen molar-refractivity contribution >= 4 is 5.82 Å². The van der Waals surface area contributed by atoms with E-state index >= 15 is 0 Å². The van der Waals surface area contributed by atoms with Gasteiger partial charge in [-0.05, 0) is 32.4 Å². The Morgan fingerprint density at radius 3 is 2.53 bits per heavy atom. The molecule has 1 aromatic heterocycles. The minimum absolute atomic E-state index is 0.144. The lowest BCUT2D eigenvalue weighted by atomic mass is 10.1. The number of halogens is 2. The van der Waals surface area contributed by atoms with E-state index in [2.05, 4.69) is 15.3 Å². The predicted octanol–water partition coefficient (Wildman–Crippen LogP) is 3.47. The standard InChI is InChI=1S/C14H15F2N3/c1-4-17-14-12(16)9(3)18-13(19-14)10-6-5-8(2)11(15)7-10/h5-7H,4H2,1-3H3,(H,17,18,19). The average molecular weight is 263 g/mol. The predicted molar refractivity (Wildman–Crippen MR) is 71.0 cm³/mol. The molecule has 0 amide bonds. The number of nitrogens with one attached hydrogen (secondary N) is 1. The first kappa shape index (κ1) is 13.4. The molecular weight excluding hydrogens is 248 g/mol. The molecule has 0 fully saturated rings. The van der Waals surface area contributed by atoms with Crippen molar-refractivity contribution in [3.05, 3.63) is 41.1 Å². The van der Waals surface area contributed by atoms with Crippen LogP contribution in [0.4, 0.5) is 14.6 Å². The van der Waals surface area contributed by atoms with E-state index in [1.54, 1.807) is 26.0 Å². The number of nitrogens with zero attached hydrogens (tertiary/aromatic N) is 2. The highest BCUT2D eigenvalue weighted by Gasteiger charge is 2.12. The Hall–Kier alpha value is -2.04. The molecule has 0 aliphatic rings. The van der Waals surface area contributed by atoms with Gasteiger partial charge in [-0.15, -0.1) is 0 Å². The van der Waals surface area contributed by atoms with Crippen LogP contribution in [0.3, 0.4) is 0 Å². The summed E-state index contributed by atoms with van der Waals surface area (Å²) in [5.74, 6) is -0.342. The lowest BCUT2D eigenvalue weighted by Gasteiger charge is -2.09. The summed E-state index contributed by atoms with van der Waals surface area (Å²) in [7, 11) is 0. The highest BCUT2D eigenvalue weighted by molar-refractivity contribution is 5.58. The van der Waals surface area contributed by atoms with E-state index in [9.17, 15) is 8.78 Å². The van der Waals surface area contributed by atoms with Crippen molar-refractivity contribution in [3.8, 4) is 11.4 Å². The molecule has 0 radical (unpaired) electrons. The highest BCUT2D eigenvalue weighted by Crippen LogP contribution is 2.22. The highest BCUT2D eigenvalue weighted by atomic mass is 19.1. The minimum Gasteiger partial charge on any atom is -0.368 e. The van der Waals surface area contributed by atoms with Gasteiger partial charge in [-0.2, -0.15) is 0 Å². The Morgan fingerprint density at radius 2 is 1.89 bits per heavy atom. The van der Waals surface area contributed by atoms with Gasteiger partial charge in [-0.3, -0.25) is 0 Å². The Bertz CT molecular complexity index is 612.